The molecule has 0 bridgehead atoms. The highest BCUT2D eigenvalue weighted by atomic mass is 16.3. The number of hydrogen-bond donors (Lipinski definition) is 0. The Bertz CT molecular complexity index is 2900. The van der Waals surface area contributed by atoms with E-state index in [9.17, 15) is 10.5 Å². The van der Waals surface area contributed by atoms with E-state index in [2.05, 4.69) is 138 Å². The minimum absolute atomic E-state index is 0.174. The highest BCUT2D eigenvalue weighted by Crippen LogP contribution is 2.54. The SMILES string of the molecule is CC12C=c3oc4ccccc4c3=CC1N(c1c(C#N)cc(C#N)cc1-c1ccccc1-n1c3ccccc3c3ccccc31)c1ccccc12. The fourth-order valence-corrected chi connectivity index (χ4v) is 8.51. The van der Waals surface area contributed by atoms with Crippen LogP contribution in [0.15, 0.2) is 138 Å². The molecule has 10 rings (SSSR count). The molecule has 5 nitrogen and oxygen atoms in total. The molecule has 2 unspecified atom stereocenters. The van der Waals surface area contributed by atoms with E-state index < -0.39 is 5.41 Å². The number of fused-ring (bicyclic) bond motifs is 9. The number of furan rings is 1. The van der Waals surface area contributed by atoms with Gasteiger partial charge in [0.25, 0.3) is 0 Å². The molecule has 2 atom stereocenters. The van der Waals surface area contributed by atoms with Crippen LogP contribution in [0.3, 0.4) is 0 Å². The summed E-state index contributed by atoms with van der Waals surface area (Å²) >= 11 is 0. The summed E-state index contributed by atoms with van der Waals surface area (Å²) in [6, 6.07) is 50.2. The minimum atomic E-state index is -0.457. The summed E-state index contributed by atoms with van der Waals surface area (Å²) in [5.41, 5.74) is 10.0. The van der Waals surface area contributed by atoms with Crippen molar-refractivity contribution in [1.82, 2.24) is 4.57 Å². The number of nitriles is 2. The van der Waals surface area contributed by atoms with Crippen molar-refractivity contribution in [2.24, 2.45) is 0 Å². The van der Waals surface area contributed by atoms with Gasteiger partial charge in [-0.1, -0.05) is 91.0 Å². The molecule has 3 heterocycles. The third-order valence-electron chi connectivity index (χ3n) is 10.7. The van der Waals surface area contributed by atoms with Crippen molar-refractivity contribution in [3.63, 3.8) is 0 Å². The predicted octanol–water partition coefficient (Wildman–Crippen LogP) is 8.99. The van der Waals surface area contributed by atoms with Gasteiger partial charge < -0.3 is 13.9 Å². The van der Waals surface area contributed by atoms with Crippen LogP contribution < -0.4 is 15.5 Å². The predicted molar refractivity (Wildman–Crippen MR) is 200 cm³/mol. The third-order valence-corrected chi connectivity index (χ3v) is 10.7. The van der Waals surface area contributed by atoms with E-state index in [-0.39, 0.29) is 6.04 Å². The Kier molecular flexibility index (Phi) is 5.83. The van der Waals surface area contributed by atoms with Gasteiger partial charge in [0.1, 0.15) is 17.1 Å². The second kappa shape index (κ2) is 10.3. The first-order chi connectivity index (χ1) is 24.6. The molecule has 0 amide bonds. The molecular weight excluding hydrogens is 613 g/mol. The maximum atomic E-state index is 10.9. The zero-order chi connectivity index (χ0) is 33.6. The second-order valence-corrected chi connectivity index (χ2v) is 13.3. The Morgan fingerprint density at radius 1 is 0.660 bits per heavy atom. The quantitative estimate of drug-likeness (QED) is 0.193. The first kappa shape index (κ1) is 28.2. The molecule has 1 aliphatic heterocycles. The van der Waals surface area contributed by atoms with Crippen molar-refractivity contribution in [3.05, 3.63) is 161 Å². The summed E-state index contributed by atoms with van der Waals surface area (Å²) in [4.78, 5) is 2.33. The standard InChI is InChI=1S/C45H28N4O/c1-45-25-42-34(33-15-5-11-21-41(33)50-42)24-43(45)49(40-20-10-6-16-36(40)45)44-29(27-47)22-28(26-46)23-35(44)32-14-4-9-19-39(32)48-37-17-7-2-12-30(37)31-13-3-8-18-38(31)48/h2-25,43H,1H3. The Morgan fingerprint density at radius 3 is 2.04 bits per heavy atom. The number of nitrogens with zero attached hydrogens (tertiary/aromatic N) is 4. The minimum Gasteiger partial charge on any atom is -0.456 e. The van der Waals surface area contributed by atoms with Gasteiger partial charge in [-0.2, -0.15) is 10.5 Å². The molecule has 5 heteroatoms. The van der Waals surface area contributed by atoms with E-state index in [0.717, 1.165) is 66.4 Å². The highest BCUT2D eigenvalue weighted by Gasteiger charge is 2.48. The molecule has 1 aliphatic carbocycles. The van der Waals surface area contributed by atoms with E-state index in [0.29, 0.717) is 11.1 Å². The lowest BCUT2D eigenvalue weighted by molar-refractivity contribution is 0.539. The fourth-order valence-electron chi connectivity index (χ4n) is 8.51. The maximum Gasteiger partial charge on any atom is 0.135 e. The number of anilines is 2. The second-order valence-electron chi connectivity index (χ2n) is 13.3. The molecule has 0 fully saturated rings. The smallest absolute Gasteiger partial charge is 0.135 e. The van der Waals surface area contributed by atoms with Gasteiger partial charge in [0, 0.05) is 43.6 Å². The Labute approximate surface area is 288 Å². The lowest BCUT2D eigenvalue weighted by Crippen LogP contribution is -2.45. The molecule has 0 spiro atoms. The maximum absolute atomic E-state index is 10.9. The van der Waals surface area contributed by atoms with Crippen LogP contribution in [0.25, 0.3) is 61.7 Å². The van der Waals surface area contributed by atoms with Crippen molar-refractivity contribution in [2.45, 2.75) is 18.4 Å². The molecule has 2 aliphatic rings. The summed E-state index contributed by atoms with van der Waals surface area (Å²) in [5, 5.41) is 25.6. The van der Waals surface area contributed by atoms with Crippen molar-refractivity contribution < 1.29 is 4.42 Å². The topological polar surface area (TPSA) is 68.9 Å². The Morgan fingerprint density at radius 2 is 1.30 bits per heavy atom. The monoisotopic (exact) mass is 640 g/mol. The van der Waals surface area contributed by atoms with Crippen LogP contribution in [0.1, 0.15) is 23.6 Å². The van der Waals surface area contributed by atoms with Crippen LogP contribution >= 0.6 is 0 Å². The fraction of sp³-hybridized carbons (Fsp3) is 0.0667. The van der Waals surface area contributed by atoms with E-state index in [4.69, 9.17) is 4.42 Å². The third kappa shape index (κ3) is 3.75. The van der Waals surface area contributed by atoms with Crippen LogP contribution in [-0.4, -0.2) is 10.6 Å². The number of para-hydroxylation sites is 5. The summed E-state index contributed by atoms with van der Waals surface area (Å²) in [7, 11) is 0. The molecule has 2 aromatic heterocycles. The van der Waals surface area contributed by atoms with Crippen LogP contribution in [-0.2, 0) is 5.41 Å². The normalized spacial score (nSPS) is 17.4. The van der Waals surface area contributed by atoms with E-state index in [1.165, 1.54) is 10.8 Å². The van der Waals surface area contributed by atoms with Crippen molar-refractivity contribution >= 4 is 56.3 Å². The lowest BCUT2D eigenvalue weighted by Gasteiger charge is -2.36. The van der Waals surface area contributed by atoms with Crippen LogP contribution in [0.2, 0.25) is 0 Å². The zero-order valence-corrected chi connectivity index (χ0v) is 27.1. The van der Waals surface area contributed by atoms with Gasteiger partial charge in [-0.25, -0.2) is 0 Å². The molecule has 0 N–H and O–H groups in total. The number of benzene rings is 6. The summed E-state index contributed by atoms with van der Waals surface area (Å²) < 4.78 is 8.73. The average molecular weight is 641 g/mol. The van der Waals surface area contributed by atoms with Crippen LogP contribution in [0, 0.1) is 22.7 Å². The van der Waals surface area contributed by atoms with Gasteiger partial charge in [-0.05, 0) is 67.1 Å². The molecule has 50 heavy (non-hydrogen) atoms. The van der Waals surface area contributed by atoms with Gasteiger partial charge in [0.2, 0.25) is 0 Å². The molecule has 0 saturated heterocycles. The number of aromatic nitrogens is 1. The summed E-state index contributed by atoms with van der Waals surface area (Å²) in [6.07, 6.45) is 4.57. The average Bonchev–Trinajstić information content (AvgIpc) is 3.78. The van der Waals surface area contributed by atoms with E-state index >= 15 is 0 Å². The number of rotatable bonds is 3. The molecule has 6 aromatic carbocycles. The summed E-state index contributed by atoms with van der Waals surface area (Å²) in [6.45, 7) is 2.25. The molecule has 234 valence electrons. The molecule has 0 radical (unpaired) electrons. The number of hydrogen-bond acceptors (Lipinski definition) is 4. The van der Waals surface area contributed by atoms with E-state index in [1.807, 2.05) is 30.3 Å². The van der Waals surface area contributed by atoms with Crippen molar-refractivity contribution in [1.29, 1.82) is 10.5 Å². The van der Waals surface area contributed by atoms with Gasteiger partial charge in [-0.15, -0.1) is 0 Å². The molecule has 8 aromatic rings. The zero-order valence-electron chi connectivity index (χ0n) is 27.1. The largest absolute Gasteiger partial charge is 0.456 e. The molecule has 0 saturated carbocycles. The van der Waals surface area contributed by atoms with Gasteiger partial charge in [-0.3, -0.25) is 0 Å². The Hall–Kier alpha value is -6.82. The summed E-state index contributed by atoms with van der Waals surface area (Å²) in [5.74, 6) is 0. The van der Waals surface area contributed by atoms with Crippen molar-refractivity contribution in [2.75, 3.05) is 4.90 Å². The van der Waals surface area contributed by atoms with E-state index in [1.54, 1.807) is 6.07 Å². The molecular formula is C45H28N4O. The van der Waals surface area contributed by atoms with Crippen LogP contribution in [0.4, 0.5) is 11.4 Å². The first-order valence-corrected chi connectivity index (χ1v) is 16.8. The van der Waals surface area contributed by atoms with Gasteiger partial charge in [0.05, 0.1) is 45.6 Å². The van der Waals surface area contributed by atoms with Gasteiger partial charge >= 0.3 is 0 Å². The van der Waals surface area contributed by atoms with Crippen molar-refractivity contribution in [3.8, 4) is 29.0 Å². The highest BCUT2D eigenvalue weighted by molar-refractivity contribution is 6.10. The Balaban J connectivity index is 1.30. The van der Waals surface area contributed by atoms with Gasteiger partial charge in [0.15, 0.2) is 0 Å². The first-order valence-electron chi connectivity index (χ1n) is 16.8. The lowest BCUT2D eigenvalue weighted by atomic mass is 9.76. The van der Waals surface area contributed by atoms with Crippen LogP contribution in [0.5, 0.6) is 0 Å².